The van der Waals surface area contributed by atoms with Crippen LogP contribution in [0.1, 0.15) is 18.4 Å². The highest BCUT2D eigenvalue weighted by Gasteiger charge is 2.17. The van der Waals surface area contributed by atoms with Crippen LogP contribution in [-0.4, -0.2) is 36.5 Å². The lowest BCUT2D eigenvalue weighted by Gasteiger charge is -2.29. The molecule has 1 aromatic carbocycles. The van der Waals surface area contributed by atoms with Crippen molar-refractivity contribution in [3.05, 3.63) is 38.3 Å². The minimum atomic E-state index is -0.357. The molecule has 5 nitrogen and oxygen atoms in total. The fraction of sp³-hybridized carbons (Fsp3) is 0.571. The maximum atomic E-state index is 10.9. The van der Waals surface area contributed by atoms with Crippen LogP contribution in [0.3, 0.4) is 0 Å². The Kier molecular flexibility index (Phi) is 5.51. The molecule has 2 rings (SSSR count). The van der Waals surface area contributed by atoms with E-state index in [1.807, 2.05) is 6.07 Å². The van der Waals surface area contributed by atoms with Crippen LogP contribution in [-0.2, 0) is 6.54 Å². The van der Waals surface area contributed by atoms with E-state index in [2.05, 4.69) is 33.2 Å². The highest BCUT2D eigenvalue weighted by molar-refractivity contribution is 9.10. The molecule has 0 saturated carbocycles. The van der Waals surface area contributed by atoms with E-state index in [1.54, 1.807) is 12.1 Å². The molecule has 110 valence electrons. The van der Waals surface area contributed by atoms with Crippen LogP contribution in [0.15, 0.2) is 22.7 Å². The van der Waals surface area contributed by atoms with Crippen LogP contribution in [0, 0.1) is 16.0 Å². The minimum Gasteiger partial charge on any atom is -0.312 e. The summed E-state index contributed by atoms with van der Waals surface area (Å²) in [4.78, 5) is 12.9. The number of piperidine rings is 1. The van der Waals surface area contributed by atoms with Crippen LogP contribution in [0.4, 0.5) is 5.69 Å². The molecule has 0 bridgehead atoms. The molecule has 0 aromatic heterocycles. The second kappa shape index (κ2) is 7.15. The van der Waals surface area contributed by atoms with Gasteiger partial charge in [0.1, 0.15) is 0 Å². The molecule has 1 saturated heterocycles. The number of nitrogens with one attached hydrogen (secondary N) is 1. The molecule has 0 aliphatic carbocycles. The largest absolute Gasteiger partial charge is 0.312 e. The Morgan fingerprint density at radius 2 is 2.35 bits per heavy atom. The van der Waals surface area contributed by atoms with Crippen LogP contribution in [0.5, 0.6) is 0 Å². The third-order valence-electron chi connectivity index (χ3n) is 3.69. The molecular formula is C14H20BrN3O2. The van der Waals surface area contributed by atoms with E-state index in [-0.39, 0.29) is 10.6 Å². The van der Waals surface area contributed by atoms with E-state index in [0.29, 0.717) is 16.9 Å². The standard InChI is InChI=1S/C14H20BrN3O2/c1-17-6-2-3-12(10-17)9-16-8-11-4-5-13(15)14(7-11)18(19)20/h4-5,7,12,16H,2-3,6,8-10H2,1H3. The third-order valence-corrected chi connectivity index (χ3v) is 4.36. The lowest BCUT2D eigenvalue weighted by atomic mass is 9.98. The van der Waals surface area contributed by atoms with Gasteiger partial charge in [-0.2, -0.15) is 0 Å². The smallest absolute Gasteiger partial charge is 0.283 e. The zero-order chi connectivity index (χ0) is 14.5. The summed E-state index contributed by atoms with van der Waals surface area (Å²) in [5, 5.41) is 14.3. The number of nitro groups is 1. The SMILES string of the molecule is CN1CCCC(CNCc2ccc(Br)c([N+](=O)[O-])c2)C1. The predicted octanol–water partition coefficient (Wildman–Crippen LogP) is 2.79. The highest BCUT2D eigenvalue weighted by atomic mass is 79.9. The Morgan fingerprint density at radius 1 is 1.55 bits per heavy atom. The highest BCUT2D eigenvalue weighted by Crippen LogP contribution is 2.25. The summed E-state index contributed by atoms with van der Waals surface area (Å²) in [6.45, 7) is 3.96. The second-order valence-corrected chi connectivity index (χ2v) is 6.30. The van der Waals surface area contributed by atoms with Crippen molar-refractivity contribution in [3.8, 4) is 0 Å². The van der Waals surface area contributed by atoms with E-state index in [4.69, 9.17) is 0 Å². The van der Waals surface area contributed by atoms with E-state index in [1.165, 1.54) is 19.4 Å². The van der Waals surface area contributed by atoms with Gasteiger partial charge in [-0.25, -0.2) is 0 Å². The fourth-order valence-corrected chi connectivity index (χ4v) is 3.06. The topological polar surface area (TPSA) is 58.4 Å². The Morgan fingerprint density at radius 3 is 3.05 bits per heavy atom. The predicted molar refractivity (Wildman–Crippen MR) is 82.7 cm³/mol. The maximum absolute atomic E-state index is 10.9. The van der Waals surface area contributed by atoms with E-state index >= 15 is 0 Å². The summed E-state index contributed by atoms with van der Waals surface area (Å²) in [5.74, 6) is 0.680. The van der Waals surface area contributed by atoms with Gasteiger partial charge in [-0.1, -0.05) is 6.07 Å². The Balaban J connectivity index is 1.85. The normalized spacial score (nSPS) is 20.0. The minimum absolute atomic E-state index is 0.127. The van der Waals surface area contributed by atoms with Gasteiger partial charge in [0.15, 0.2) is 0 Å². The quantitative estimate of drug-likeness (QED) is 0.660. The van der Waals surface area contributed by atoms with Gasteiger partial charge < -0.3 is 10.2 Å². The number of benzene rings is 1. The summed E-state index contributed by atoms with van der Waals surface area (Å²) < 4.78 is 0.528. The zero-order valence-corrected chi connectivity index (χ0v) is 13.2. The molecule has 1 atom stereocenters. The van der Waals surface area contributed by atoms with Gasteiger partial charge in [-0.05, 0) is 66.5 Å². The Bertz CT molecular complexity index is 481. The van der Waals surface area contributed by atoms with E-state index in [9.17, 15) is 10.1 Å². The van der Waals surface area contributed by atoms with Crippen molar-refractivity contribution < 1.29 is 4.92 Å². The maximum Gasteiger partial charge on any atom is 0.283 e. The molecule has 20 heavy (non-hydrogen) atoms. The monoisotopic (exact) mass is 341 g/mol. The van der Waals surface area contributed by atoms with Crippen molar-refractivity contribution in [1.29, 1.82) is 0 Å². The van der Waals surface area contributed by atoms with Crippen LogP contribution < -0.4 is 5.32 Å². The Hall–Kier alpha value is -0.980. The number of hydrogen-bond donors (Lipinski definition) is 1. The molecule has 1 aliphatic heterocycles. The summed E-state index contributed by atoms with van der Waals surface area (Å²) in [7, 11) is 2.16. The molecule has 0 radical (unpaired) electrons. The van der Waals surface area contributed by atoms with E-state index in [0.717, 1.165) is 18.7 Å². The van der Waals surface area contributed by atoms with Gasteiger partial charge in [-0.3, -0.25) is 10.1 Å². The van der Waals surface area contributed by atoms with Gasteiger partial charge in [-0.15, -0.1) is 0 Å². The molecule has 0 amide bonds. The summed E-state index contributed by atoms with van der Waals surface area (Å²) in [5.41, 5.74) is 1.07. The average molecular weight is 342 g/mol. The molecule has 1 heterocycles. The molecular weight excluding hydrogens is 322 g/mol. The molecule has 6 heteroatoms. The van der Waals surface area contributed by atoms with Crippen molar-refractivity contribution in [2.24, 2.45) is 5.92 Å². The summed E-state index contributed by atoms with van der Waals surface area (Å²) in [6, 6.07) is 5.28. The van der Waals surface area contributed by atoms with E-state index < -0.39 is 0 Å². The molecule has 1 aromatic rings. The van der Waals surface area contributed by atoms with Crippen LogP contribution in [0.25, 0.3) is 0 Å². The molecule has 1 aliphatic rings. The van der Waals surface area contributed by atoms with Crippen molar-refractivity contribution in [2.45, 2.75) is 19.4 Å². The first-order chi connectivity index (χ1) is 9.56. The van der Waals surface area contributed by atoms with Gasteiger partial charge in [0.25, 0.3) is 5.69 Å². The van der Waals surface area contributed by atoms with Gasteiger partial charge >= 0.3 is 0 Å². The number of hydrogen-bond acceptors (Lipinski definition) is 4. The first kappa shape index (κ1) is 15.4. The van der Waals surface area contributed by atoms with Crippen molar-refractivity contribution in [3.63, 3.8) is 0 Å². The van der Waals surface area contributed by atoms with Crippen LogP contribution in [0.2, 0.25) is 0 Å². The number of nitro benzene ring substituents is 1. The average Bonchev–Trinajstić information content (AvgIpc) is 2.40. The van der Waals surface area contributed by atoms with Gasteiger partial charge in [0, 0.05) is 19.2 Å². The number of nitrogens with zero attached hydrogens (tertiary/aromatic N) is 2. The fourth-order valence-electron chi connectivity index (χ4n) is 2.67. The molecule has 0 spiro atoms. The van der Waals surface area contributed by atoms with Crippen molar-refractivity contribution >= 4 is 21.6 Å². The summed E-state index contributed by atoms with van der Waals surface area (Å²) >= 11 is 3.20. The lowest BCUT2D eigenvalue weighted by molar-refractivity contribution is -0.385. The van der Waals surface area contributed by atoms with Crippen molar-refractivity contribution in [1.82, 2.24) is 10.2 Å². The lowest BCUT2D eigenvalue weighted by Crippen LogP contribution is -2.37. The number of halogens is 1. The first-order valence-corrected chi connectivity index (χ1v) is 7.67. The zero-order valence-electron chi connectivity index (χ0n) is 11.6. The number of rotatable bonds is 5. The molecule has 1 fully saturated rings. The van der Waals surface area contributed by atoms with Gasteiger partial charge in [0.2, 0.25) is 0 Å². The first-order valence-electron chi connectivity index (χ1n) is 6.88. The van der Waals surface area contributed by atoms with Crippen molar-refractivity contribution in [2.75, 3.05) is 26.7 Å². The second-order valence-electron chi connectivity index (χ2n) is 5.44. The van der Waals surface area contributed by atoms with Gasteiger partial charge in [0.05, 0.1) is 9.40 Å². The Labute approximate surface area is 127 Å². The molecule has 1 unspecified atom stereocenters. The third kappa shape index (κ3) is 4.26. The summed E-state index contributed by atoms with van der Waals surface area (Å²) in [6.07, 6.45) is 2.52. The molecule has 1 N–H and O–H groups in total. The number of likely N-dealkylation sites (tertiary alicyclic amines) is 1. The van der Waals surface area contributed by atoms with Crippen LogP contribution >= 0.6 is 15.9 Å².